The second-order valence-electron chi connectivity index (χ2n) is 4.31. The van der Waals surface area contributed by atoms with E-state index in [4.69, 9.17) is 5.73 Å². The second-order valence-corrected chi connectivity index (χ2v) is 4.31. The number of hydrogen-bond donors (Lipinski definition) is 2. The van der Waals surface area contributed by atoms with E-state index in [1.165, 1.54) is 5.56 Å². The van der Waals surface area contributed by atoms with Gasteiger partial charge in [0.15, 0.2) is 0 Å². The van der Waals surface area contributed by atoms with Crippen LogP contribution in [0.15, 0.2) is 42.7 Å². The SMILES string of the molecule is NC(=O)C1CCCc2ccccc21.c1cn[nH]c1. The molecule has 0 bridgehead atoms. The maximum atomic E-state index is 11.1. The minimum atomic E-state index is -0.188. The Balaban J connectivity index is 0.000000202. The Morgan fingerprint density at radius 3 is 2.78 bits per heavy atom. The van der Waals surface area contributed by atoms with Crippen molar-refractivity contribution in [2.45, 2.75) is 25.2 Å². The highest BCUT2D eigenvalue weighted by atomic mass is 16.1. The van der Waals surface area contributed by atoms with E-state index in [1.807, 2.05) is 24.3 Å². The number of nitrogens with two attached hydrogens (primary N) is 1. The van der Waals surface area contributed by atoms with Crippen LogP contribution < -0.4 is 5.73 Å². The molecular weight excluding hydrogens is 226 g/mol. The maximum absolute atomic E-state index is 11.1. The third-order valence-electron chi connectivity index (χ3n) is 3.12. The molecule has 94 valence electrons. The highest BCUT2D eigenvalue weighted by molar-refractivity contribution is 5.82. The van der Waals surface area contributed by atoms with Gasteiger partial charge >= 0.3 is 0 Å². The summed E-state index contributed by atoms with van der Waals surface area (Å²) in [5.74, 6) is -0.239. The van der Waals surface area contributed by atoms with Crippen molar-refractivity contribution in [2.24, 2.45) is 5.73 Å². The van der Waals surface area contributed by atoms with Gasteiger partial charge in [-0.3, -0.25) is 9.89 Å². The summed E-state index contributed by atoms with van der Waals surface area (Å²) < 4.78 is 0. The van der Waals surface area contributed by atoms with Gasteiger partial charge in [0.25, 0.3) is 0 Å². The van der Waals surface area contributed by atoms with Crippen molar-refractivity contribution < 1.29 is 4.79 Å². The zero-order valence-electron chi connectivity index (χ0n) is 10.2. The van der Waals surface area contributed by atoms with Crippen LogP contribution >= 0.6 is 0 Å². The van der Waals surface area contributed by atoms with Crippen LogP contribution in [0.25, 0.3) is 0 Å². The van der Waals surface area contributed by atoms with Crippen molar-refractivity contribution in [3.8, 4) is 0 Å². The van der Waals surface area contributed by atoms with E-state index in [0.717, 1.165) is 24.8 Å². The fraction of sp³-hybridized carbons (Fsp3) is 0.286. The molecule has 1 amide bonds. The minimum Gasteiger partial charge on any atom is -0.369 e. The number of rotatable bonds is 1. The smallest absolute Gasteiger partial charge is 0.224 e. The molecule has 3 N–H and O–H groups in total. The number of hydrogen-bond acceptors (Lipinski definition) is 2. The van der Waals surface area contributed by atoms with Crippen molar-refractivity contribution in [1.29, 1.82) is 0 Å². The lowest BCUT2D eigenvalue weighted by Gasteiger charge is -2.22. The van der Waals surface area contributed by atoms with E-state index in [1.54, 1.807) is 12.4 Å². The van der Waals surface area contributed by atoms with Crippen molar-refractivity contribution >= 4 is 5.91 Å². The van der Waals surface area contributed by atoms with Crippen LogP contribution in [0.1, 0.15) is 29.9 Å². The van der Waals surface area contributed by atoms with Crippen molar-refractivity contribution in [2.75, 3.05) is 0 Å². The van der Waals surface area contributed by atoms with Crippen LogP contribution in [0.4, 0.5) is 0 Å². The molecule has 1 heterocycles. The molecule has 2 aromatic rings. The number of nitrogens with zero attached hydrogens (tertiary/aromatic N) is 1. The molecule has 0 spiro atoms. The molecule has 18 heavy (non-hydrogen) atoms. The van der Waals surface area contributed by atoms with Gasteiger partial charge in [0.05, 0.1) is 5.92 Å². The van der Waals surface area contributed by atoms with Gasteiger partial charge in [-0.2, -0.15) is 5.10 Å². The predicted molar refractivity (Wildman–Crippen MR) is 69.9 cm³/mol. The second kappa shape index (κ2) is 6.00. The van der Waals surface area contributed by atoms with E-state index in [2.05, 4.69) is 16.3 Å². The van der Waals surface area contributed by atoms with Gasteiger partial charge in [0, 0.05) is 12.4 Å². The summed E-state index contributed by atoms with van der Waals surface area (Å²) in [4.78, 5) is 11.1. The summed E-state index contributed by atoms with van der Waals surface area (Å²) in [6, 6.07) is 9.93. The predicted octanol–water partition coefficient (Wildman–Crippen LogP) is 2.00. The molecule has 1 aromatic heterocycles. The highest BCUT2D eigenvalue weighted by Gasteiger charge is 2.23. The molecule has 0 saturated carbocycles. The monoisotopic (exact) mass is 243 g/mol. The van der Waals surface area contributed by atoms with E-state index >= 15 is 0 Å². The summed E-state index contributed by atoms with van der Waals surface area (Å²) >= 11 is 0. The van der Waals surface area contributed by atoms with E-state index in [9.17, 15) is 4.79 Å². The molecule has 1 aromatic carbocycles. The third-order valence-corrected chi connectivity index (χ3v) is 3.12. The molecule has 0 fully saturated rings. The Labute approximate surface area is 106 Å². The number of aromatic amines is 1. The van der Waals surface area contributed by atoms with Gasteiger partial charge in [-0.1, -0.05) is 24.3 Å². The molecule has 0 saturated heterocycles. The van der Waals surface area contributed by atoms with Gasteiger partial charge < -0.3 is 5.73 Å². The summed E-state index contributed by atoms with van der Waals surface area (Å²) in [6.45, 7) is 0. The summed E-state index contributed by atoms with van der Waals surface area (Å²) in [7, 11) is 0. The van der Waals surface area contributed by atoms with Gasteiger partial charge in [-0.05, 0) is 36.5 Å². The number of carbonyl (C=O) groups excluding carboxylic acids is 1. The van der Waals surface area contributed by atoms with E-state index < -0.39 is 0 Å². The molecule has 4 nitrogen and oxygen atoms in total. The van der Waals surface area contributed by atoms with E-state index in [-0.39, 0.29) is 11.8 Å². The first-order valence-corrected chi connectivity index (χ1v) is 6.10. The number of carbonyl (C=O) groups is 1. The third kappa shape index (κ3) is 2.97. The summed E-state index contributed by atoms with van der Waals surface area (Å²) in [5.41, 5.74) is 7.77. The number of H-pyrrole nitrogens is 1. The molecule has 0 aliphatic heterocycles. The maximum Gasteiger partial charge on any atom is 0.224 e. The number of amides is 1. The molecule has 0 radical (unpaired) electrons. The largest absolute Gasteiger partial charge is 0.369 e. The topological polar surface area (TPSA) is 71.8 Å². The van der Waals surface area contributed by atoms with Gasteiger partial charge in [-0.15, -0.1) is 0 Å². The first-order chi connectivity index (χ1) is 8.79. The Hall–Kier alpha value is -2.10. The first kappa shape index (κ1) is 12.4. The minimum absolute atomic E-state index is 0.0510. The van der Waals surface area contributed by atoms with Gasteiger partial charge in [0.1, 0.15) is 0 Å². The molecule has 1 aliphatic carbocycles. The summed E-state index contributed by atoms with van der Waals surface area (Å²) in [6.07, 6.45) is 6.52. The molecule has 1 atom stereocenters. The van der Waals surface area contributed by atoms with Crippen LogP contribution in [0.2, 0.25) is 0 Å². The van der Waals surface area contributed by atoms with E-state index in [0.29, 0.717) is 0 Å². The first-order valence-electron chi connectivity index (χ1n) is 6.10. The van der Waals surface area contributed by atoms with Gasteiger partial charge in [-0.25, -0.2) is 0 Å². The molecule has 4 heteroatoms. The van der Waals surface area contributed by atoms with Crippen LogP contribution in [0.3, 0.4) is 0 Å². The van der Waals surface area contributed by atoms with Crippen molar-refractivity contribution in [1.82, 2.24) is 10.2 Å². The fourth-order valence-electron chi connectivity index (χ4n) is 2.26. The van der Waals surface area contributed by atoms with Crippen LogP contribution in [0.5, 0.6) is 0 Å². The Kier molecular flexibility index (Phi) is 4.12. The normalized spacial score (nSPS) is 17.2. The average Bonchev–Trinajstić information content (AvgIpc) is 2.97. The lowest BCUT2D eigenvalue weighted by Crippen LogP contribution is -2.24. The van der Waals surface area contributed by atoms with Crippen molar-refractivity contribution in [3.63, 3.8) is 0 Å². The standard InChI is InChI=1S/C11H13NO.C3H4N2/c12-11(13)10-7-3-5-8-4-1-2-6-9(8)10;1-2-4-5-3-1/h1-2,4,6,10H,3,5,7H2,(H2,12,13);1-3H,(H,4,5). The number of aromatic nitrogens is 2. The number of benzene rings is 1. The zero-order valence-corrected chi connectivity index (χ0v) is 10.2. The molecular formula is C14H17N3O. The van der Waals surface area contributed by atoms with Crippen LogP contribution in [-0.2, 0) is 11.2 Å². The molecule has 1 aliphatic rings. The summed E-state index contributed by atoms with van der Waals surface area (Å²) in [5, 5.41) is 6.21. The average molecular weight is 243 g/mol. The number of aryl methyl sites for hydroxylation is 1. The molecule has 1 unspecified atom stereocenters. The zero-order chi connectivity index (χ0) is 12.8. The van der Waals surface area contributed by atoms with Crippen LogP contribution in [0, 0.1) is 0 Å². The lowest BCUT2D eigenvalue weighted by atomic mass is 9.82. The number of primary amides is 1. The lowest BCUT2D eigenvalue weighted by molar-refractivity contribution is -0.119. The fourth-order valence-corrected chi connectivity index (χ4v) is 2.26. The number of fused-ring (bicyclic) bond motifs is 1. The van der Waals surface area contributed by atoms with Gasteiger partial charge in [0.2, 0.25) is 5.91 Å². The quantitative estimate of drug-likeness (QED) is 0.804. The Morgan fingerprint density at radius 2 is 2.17 bits per heavy atom. The Morgan fingerprint density at radius 1 is 1.33 bits per heavy atom. The van der Waals surface area contributed by atoms with Crippen LogP contribution in [-0.4, -0.2) is 16.1 Å². The Bertz CT molecular complexity index is 476. The van der Waals surface area contributed by atoms with Crippen molar-refractivity contribution in [3.05, 3.63) is 53.9 Å². The highest BCUT2D eigenvalue weighted by Crippen LogP contribution is 2.30. The number of nitrogens with one attached hydrogen (secondary N) is 1. The molecule has 3 rings (SSSR count).